The van der Waals surface area contributed by atoms with E-state index in [1.54, 1.807) is 18.2 Å². The van der Waals surface area contributed by atoms with Crippen molar-refractivity contribution in [2.45, 2.75) is 44.7 Å². The van der Waals surface area contributed by atoms with Crippen molar-refractivity contribution in [3.05, 3.63) is 101 Å². The number of halogens is 1. The van der Waals surface area contributed by atoms with Gasteiger partial charge in [0.25, 0.3) is 5.91 Å². The highest BCUT2D eigenvalue weighted by Gasteiger charge is 2.39. The highest BCUT2D eigenvalue weighted by Crippen LogP contribution is 2.39. The van der Waals surface area contributed by atoms with Gasteiger partial charge in [0.2, 0.25) is 0 Å². The van der Waals surface area contributed by atoms with E-state index in [-0.39, 0.29) is 23.5 Å². The Hall–Kier alpha value is -3.84. The lowest BCUT2D eigenvalue weighted by Crippen LogP contribution is -2.40. The number of thioether (sulfide) groups is 1. The second-order valence-electron chi connectivity index (χ2n) is 9.88. The van der Waals surface area contributed by atoms with Crippen LogP contribution in [0.4, 0.5) is 10.1 Å². The number of carbonyl (C=O) groups is 1. The van der Waals surface area contributed by atoms with Crippen molar-refractivity contribution in [1.29, 1.82) is 0 Å². The standard InChI is InChI=1S/C32H30FN3O2S/c33-27-16-8-9-17-28(27)34-32-36(24-11-3-1-4-12-24)31(37)30(39-32)21-23-22-35(29-18-10-7-15-26(23)29)19-20-38-25-13-5-2-6-14-25/h2,5-10,13-18,21-22,24H,1,3-4,11-12,19-20H2/b30-21-,34-32?. The first-order valence-corrected chi connectivity index (χ1v) is 14.3. The molecule has 1 saturated heterocycles. The number of rotatable bonds is 7. The molecular formula is C32H30FN3O2S. The summed E-state index contributed by atoms with van der Waals surface area (Å²) in [6.07, 6.45) is 9.28. The predicted molar refractivity (Wildman–Crippen MR) is 157 cm³/mol. The topological polar surface area (TPSA) is 46.8 Å². The van der Waals surface area contributed by atoms with Crippen LogP contribution in [0.25, 0.3) is 17.0 Å². The molecule has 2 fully saturated rings. The fraction of sp³-hybridized carbons (Fsp3) is 0.250. The Kier molecular flexibility index (Phi) is 7.50. The number of carbonyl (C=O) groups excluding carboxylic acids is 1. The lowest BCUT2D eigenvalue weighted by atomic mass is 9.94. The number of hydrogen-bond donors (Lipinski definition) is 0. The second kappa shape index (κ2) is 11.5. The number of benzene rings is 3. The van der Waals surface area contributed by atoms with E-state index in [9.17, 15) is 9.18 Å². The zero-order valence-electron chi connectivity index (χ0n) is 21.6. The molecule has 3 aromatic carbocycles. The van der Waals surface area contributed by atoms with Crippen molar-refractivity contribution < 1.29 is 13.9 Å². The molecule has 39 heavy (non-hydrogen) atoms. The van der Waals surface area contributed by atoms with Crippen molar-refractivity contribution in [2.24, 2.45) is 4.99 Å². The van der Waals surface area contributed by atoms with Crippen molar-refractivity contribution in [3.63, 3.8) is 0 Å². The van der Waals surface area contributed by atoms with Gasteiger partial charge in [-0.3, -0.25) is 9.69 Å². The molecule has 2 heterocycles. The minimum atomic E-state index is -0.389. The maximum absolute atomic E-state index is 14.5. The Labute approximate surface area is 232 Å². The first-order chi connectivity index (χ1) is 19.2. The molecule has 1 aromatic heterocycles. The zero-order chi connectivity index (χ0) is 26.6. The highest BCUT2D eigenvalue weighted by molar-refractivity contribution is 8.18. The molecule has 7 heteroatoms. The molecule has 1 amide bonds. The van der Waals surface area contributed by atoms with E-state index in [0.717, 1.165) is 47.9 Å². The van der Waals surface area contributed by atoms with Gasteiger partial charge in [0.1, 0.15) is 23.9 Å². The van der Waals surface area contributed by atoms with E-state index in [0.29, 0.717) is 23.2 Å². The SMILES string of the molecule is O=C1/C(=C/c2cn(CCOc3ccccc3)c3ccccc23)SC(=Nc2ccccc2F)N1C1CCCCC1. The van der Waals surface area contributed by atoms with Gasteiger partial charge in [0.15, 0.2) is 5.17 Å². The Balaban J connectivity index is 1.32. The normalized spacial score (nSPS) is 18.5. The summed E-state index contributed by atoms with van der Waals surface area (Å²) in [7, 11) is 0. The molecule has 6 rings (SSSR count). The molecule has 1 saturated carbocycles. The molecule has 0 atom stereocenters. The van der Waals surface area contributed by atoms with Gasteiger partial charge >= 0.3 is 0 Å². The summed E-state index contributed by atoms with van der Waals surface area (Å²) in [6, 6.07) is 24.5. The van der Waals surface area contributed by atoms with Crippen LogP contribution in [0, 0.1) is 5.82 Å². The van der Waals surface area contributed by atoms with Crippen molar-refractivity contribution in [3.8, 4) is 5.75 Å². The van der Waals surface area contributed by atoms with E-state index in [4.69, 9.17) is 4.74 Å². The van der Waals surface area contributed by atoms with Crippen LogP contribution in [0.5, 0.6) is 5.75 Å². The molecule has 198 valence electrons. The van der Waals surface area contributed by atoms with E-state index < -0.39 is 0 Å². The molecule has 0 spiro atoms. The molecular weight excluding hydrogens is 509 g/mol. The maximum Gasteiger partial charge on any atom is 0.267 e. The first-order valence-electron chi connectivity index (χ1n) is 13.5. The number of amidine groups is 1. The van der Waals surface area contributed by atoms with Crippen LogP contribution in [0.2, 0.25) is 0 Å². The Morgan fingerprint density at radius 3 is 2.51 bits per heavy atom. The minimum absolute atomic E-state index is 0.0498. The quantitative estimate of drug-likeness (QED) is 0.225. The number of fused-ring (bicyclic) bond motifs is 1. The van der Waals surface area contributed by atoms with E-state index in [2.05, 4.69) is 27.9 Å². The molecule has 4 aromatic rings. The summed E-state index contributed by atoms with van der Waals surface area (Å²) < 4.78 is 22.6. The second-order valence-corrected chi connectivity index (χ2v) is 10.9. The number of aromatic nitrogens is 1. The van der Waals surface area contributed by atoms with Gasteiger partial charge in [-0.1, -0.05) is 67.8 Å². The monoisotopic (exact) mass is 539 g/mol. The number of ether oxygens (including phenoxy) is 1. The largest absolute Gasteiger partial charge is 0.492 e. The van der Waals surface area contributed by atoms with Gasteiger partial charge in [0.05, 0.1) is 11.4 Å². The number of hydrogen-bond acceptors (Lipinski definition) is 4. The minimum Gasteiger partial charge on any atom is -0.492 e. The van der Waals surface area contributed by atoms with Gasteiger partial charge in [0, 0.05) is 28.7 Å². The third-order valence-electron chi connectivity index (χ3n) is 7.30. The average Bonchev–Trinajstić information content (AvgIpc) is 3.47. The third-order valence-corrected chi connectivity index (χ3v) is 8.28. The number of nitrogens with zero attached hydrogens (tertiary/aromatic N) is 3. The smallest absolute Gasteiger partial charge is 0.267 e. The van der Waals surface area contributed by atoms with Gasteiger partial charge in [-0.2, -0.15) is 0 Å². The van der Waals surface area contributed by atoms with Crippen LogP contribution in [0.3, 0.4) is 0 Å². The van der Waals surface area contributed by atoms with Gasteiger partial charge in [-0.15, -0.1) is 0 Å². The summed E-state index contributed by atoms with van der Waals surface area (Å²) in [5.41, 5.74) is 2.31. The highest BCUT2D eigenvalue weighted by atomic mass is 32.2. The van der Waals surface area contributed by atoms with E-state index in [1.165, 1.54) is 24.2 Å². The Morgan fingerprint density at radius 1 is 0.949 bits per heavy atom. The van der Waals surface area contributed by atoms with Crippen molar-refractivity contribution >= 4 is 45.5 Å². The van der Waals surface area contributed by atoms with Crippen LogP contribution < -0.4 is 4.74 Å². The van der Waals surface area contributed by atoms with Crippen molar-refractivity contribution in [1.82, 2.24) is 9.47 Å². The predicted octanol–water partition coefficient (Wildman–Crippen LogP) is 7.80. The lowest BCUT2D eigenvalue weighted by Gasteiger charge is -2.30. The number of amides is 1. The summed E-state index contributed by atoms with van der Waals surface area (Å²) in [5.74, 6) is 0.403. The van der Waals surface area contributed by atoms with Crippen LogP contribution in [-0.2, 0) is 11.3 Å². The summed E-state index contributed by atoms with van der Waals surface area (Å²) >= 11 is 1.34. The average molecular weight is 540 g/mol. The van der Waals surface area contributed by atoms with Crippen LogP contribution in [-0.4, -0.2) is 33.2 Å². The fourth-order valence-electron chi connectivity index (χ4n) is 5.37. The van der Waals surface area contributed by atoms with Crippen LogP contribution in [0.15, 0.2) is 95.0 Å². The molecule has 0 unspecified atom stereocenters. The van der Waals surface area contributed by atoms with Crippen LogP contribution >= 0.6 is 11.8 Å². The Bertz CT molecular complexity index is 1540. The van der Waals surface area contributed by atoms with E-state index in [1.807, 2.05) is 53.4 Å². The molecule has 1 aliphatic heterocycles. The molecule has 5 nitrogen and oxygen atoms in total. The third kappa shape index (κ3) is 5.50. The summed E-state index contributed by atoms with van der Waals surface area (Å²) in [4.78, 5) is 20.9. The van der Waals surface area contributed by atoms with Gasteiger partial charge in [-0.25, -0.2) is 9.38 Å². The Morgan fingerprint density at radius 2 is 1.69 bits per heavy atom. The first kappa shape index (κ1) is 25.4. The van der Waals surface area contributed by atoms with Gasteiger partial charge in [-0.05, 0) is 61.0 Å². The summed E-state index contributed by atoms with van der Waals surface area (Å²) in [6.45, 7) is 1.20. The molecule has 1 aliphatic carbocycles. The summed E-state index contributed by atoms with van der Waals surface area (Å²) in [5, 5.41) is 1.63. The van der Waals surface area contributed by atoms with Gasteiger partial charge < -0.3 is 9.30 Å². The number of aliphatic imine (C=N–C) groups is 1. The maximum atomic E-state index is 14.5. The van der Waals surface area contributed by atoms with E-state index >= 15 is 0 Å². The molecule has 0 bridgehead atoms. The molecule has 2 aliphatic rings. The zero-order valence-corrected chi connectivity index (χ0v) is 22.4. The lowest BCUT2D eigenvalue weighted by molar-refractivity contribution is -0.124. The van der Waals surface area contributed by atoms with Crippen molar-refractivity contribution in [2.75, 3.05) is 6.61 Å². The van der Waals surface area contributed by atoms with Crippen LogP contribution in [0.1, 0.15) is 37.7 Å². The molecule has 0 N–H and O–H groups in total. The number of para-hydroxylation sites is 3. The fourth-order valence-corrected chi connectivity index (χ4v) is 6.41. The molecule has 0 radical (unpaired) electrons.